The van der Waals surface area contributed by atoms with Gasteiger partial charge in [0.15, 0.2) is 0 Å². The Bertz CT molecular complexity index is 523. The Kier molecular flexibility index (Phi) is 3.33. The first-order valence-corrected chi connectivity index (χ1v) is 6.98. The van der Waals surface area contributed by atoms with Crippen LogP contribution in [0.3, 0.4) is 0 Å². The van der Waals surface area contributed by atoms with Crippen molar-refractivity contribution in [1.82, 2.24) is 0 Å². The Morgan fingerprint density at radius 2 is 1.95 bits per heavy atom. The maximum atomic E-state index is 9.37. The molecule has 0 saturated carbocycles. The van der Waals surface area contributed by atoms with Crippen LogP contribution in [0.15, 0.2) is 47.2 Å². The third-order valence-corrected chi connectivity index (χ3v) is 4.38. The molecule has 2 heteroatoms. The van der Waals surface area contributed by atoms with Crippen molar-refractivity contribution in [2.75, 3.05) is 7.11 Å². The monoisotopic (exact) mass is 256 g/mol. The maximum Gasteiger partial charge on any atom is 0.115 e. The summed E-state index contributed by atoms with van der Waals surface area (Å²) in [4.78, 5) is 0. The molecule has 3 rings (SSSR count). The van der Waals surface area contributed by atoms with E-state index in [-0.39, 0.29) is 0 Å². The van der Waals surface area contributed by atoms with Gasteiger partial charge in [0.25, 0.3) is 0 Å². The Labute approximate surface area is 114 Å². The van der Waals surface area contributed by atoms with E-state index in [0.717, 1.165) is 25.0 Å². The third-order valence-electron chi connectivity index (χ3n) is 4.38. The first-order chi connectivity index (χ1) is 9.26. The van der Waals surface area contributed by atoms with Crippen LogP contribution in [0.2, 0.25) is 0 Å². The molecule has 0 heterocycles. The van der Waals surface area contributed by atoms with Gasteiger partial charge in [0.1, 0.15) is 5.75 Å². The summed E-state index contributed by atoms with van der Waals surface area (Å²) in [6, 6.07) is 7.71. The standard InChI is InChI=1S/C17H20O2/c1-19-17-9-6-14-10-13(2-3-15(14)11-17)12-4-7-16(18)8-5-12/h4-5,7-9,13,18H,2-3,6,10-11H2,1H3/t13-/m1/s1. The number of allylic oxidation sites excluding steroid dienone is 3. The molecule has 0 fully saturated rings. The zero-order valence-electron chi connectivity index (χ0n) is 11.4. The summed E-state index contributed by atoms with van der Waals surface area (Å²) in [6.45, 7) is 0. The predicted octanol–water partition coefficient (Wildman–Crippen LogP) is 4.28. The predicted molar refractivity (Wildman–Crippen MR) is 76.1 cm³/mol. The molecule has 2 aliphatic rings. The van der Waals surface area contributed by atoms with Crippen LogP contribution in [0.5, 0.6) is 5.75 Å². The smallest absolute Gasteiger partial charge is 0.115 e. The normalized spacial score (nSPS) is 22.8. The van der Waals surface area contributed by atoms with Crippen LogP contribution >= 0.6 is 0 Å². The largest absolute Gasteiger partial charge is 0.508 e. The minimum Gasteiger partial charge on any atom is -0.508 e. The lowest BCUT2D eigenvalue weighted by Gasteiger charge is -2.30. The minimum atomic E-state index is 0.352. The number of ether oxygens (including phenoxy) is 1. The highest BCUT2D eigenvalue weighted by atomic mass is 16.5. The Hall–Kier alpha value is -1.70. The van der Waals surface area contributed by atoms with Crippen molar-refractivity contribution < 1.29 is 9.84 Å². The molecule has 1 aromatic carbocycles. The second kappa shape index (κ2) is 5.12. The van der Waals surface area contributed by atoms with Gasteiger partial charge in [-0.3, -0.25) is 0 Å². The number of hydrogen-bond donors (Lipinski definition) is 1. The van der Waals surface area contributed by atoms with Crippen LogP contribution in [0, 0.1) is 0 Å². The molecule has 19 heavy (non-hydrogen) atoms. The van der Waals surface area contributed by atoms with E-state index < -0.39 is 0 Å². The lowest BCUT2D eigenvalue weighted by Crippen LogP contribution is -2.12. The molecule has 0 spiro atoms. The van der Waals surface area contributed by atoms with E-state index in [1.165, 1.54) is 18.4 Å². The number of benzene rings is 1. The van der Waals surface area contributed by atoms with E-state index in [1.807, 2.05) is 0 Å². The van der Waals surface area contributed by atoms with E-state index in [2.05, 4.69) is 18.2 Å². The van der Waals surface area contributed by atoms with Crippen LogP contribution in [0.25, 0.3) is 0 Å². The molecule has 1 aromatic rings. The van der Waals surface area contributed by atoms with Crippen molar-refractivity contribution in [1.29, 1.82) is 0 Å². The van der Waals surface area contributed by atoms with Gasteiger partial charge in [0.2, 0.25) is 0 Å². The molecule has 0 unspecified atom stereocenters. The Balaban J connectivity index is 1.74. The second-order valence-corrected chi connectivity index (χ2v) is 5.49. The van der Waals surface area contributed by atoms with Gasteiger partial charge >= 0.3 is 0 Å². The molecule has 100 valence electrons. The Morgan fingerprint density at radius 3 is 2.68 bits per heavy atom. The lowest BCUT2D eigenvalue weighted by atomic mass is 9.76. The van der Waals surface area contributed by atoms with Crippen molar-refractivity contribution in [3.05, 3.63) is 52.8 Å². The Morgan fingerprint density at radius 1 is 1.16 bits per heavy atom. The molecular weight excluding hydrogens is 236 g/mol. The van der Waals surface area contributed by atoms with Crippen molar-refractivity contribution in [3.63, 3.8) is 0 Å². The van der Waals surface area contributed by atoms with Gasteiger partial charge in [-0.1, -0.05) is 23.3 Å². The molecular formula is C17H20O2. The quantitative estimate of drug-likeness (QED) is 0.800. The van der Waals surface area contributed by atoms with Crippen LogP contribution < -0.4 is 0 Å². The molecule has 2 aliphatic carbocycles. The molecule has 2 nitrogen and oxygen atoms in total. The highest BCUT2D eigenvalue weighted by molar-refractivity contribution is 5.35. The zero-order valence-corrected chi connectivity index (χ0v) is 11.4. The average Bonchev–Trinajstić information content (AvgIpc) is 2.47. The number of phenols is 1. The molecule has 0 saturated heterocycles. The molecule has 1 N–H and O–H groups in total. The minimum absolute atomic E-state index is 0.352. The summed E-state index contributed by atoms with van der Waals surface area (Å²) in [7, 11) is 1.76. The highest BCUT2D eigenvalue weighted by Crippen LogP contribution is 2.42. The summed E-state index contributed by atoms with van der Waals surface area (Å²) in [6.07, 6.45) is 7.83. The maximum absolute atomic E-state index is 9.37. The zero-order chi connectivity index (χ0) is 13.2. The fraction of sp³-hybridized carbons (Fsp3) is 0.412. The molecule has 0 aliphatic heterocycles. The molecule has 0 bridgehead atoms. The van der Waals surface area contributed by atoms with E-state index in [9.17, 15) is 5.11 Å². The number of aromatic hydroxyl groups is 1. The van der Waals surface area contributed by atoms with Crippen molar-refractivity contribution >= 4 is 0 Å². The highest BCUT2D eigenvalue weighted by Gasteiger charge is 2.24. The van der Waals surface area contributed by atoms with Crippen LogP contribution in [-0.4, -0.2) is 12.2 Å². The first-order valence-electron chi connectivity index (χ1n) is 6.98. The van der Waals surface area contributed by atoms with Gasteiger partial charge in [-0.05, 0) is 55.4 Å². The summed E-state index contributed by atoms with van der Waals surface area (Å²) >= 11 is 0. The van der Waals surface area contributed by atoms with E-state index in [0.29, 0.717) is 11.7 Å². The summed E-state index contributed by atoms with van der Waals surface area (Å²) in [5.41, 5.74) is 4.55. The number of rotatable bonds is 2. The van der Waals surface area contributed by atoms with Crippen molar-refractivity contribution in [2.24, 2.45) is 0 Å². The fourth-order valence-corrected chi connectivity index (χ4v) is 3.22. The van der Waals surface area contributed by atoms with Crippen molar-refractivity contribution in [2.45, 2.75) is 38.0 Å². The van der Waals surface area contributed by atoms with Gasteiger partial charge < -0.3 is 9.84 Å². The fourth-order valence-electron chi connectivity index (χ4n) is 3.22. The van der Waals surface area contributed by atoms with Crippen molar-refractivity contribution in [3.8, 4) is 5.75 Å². The number of phenolic OH excluding ortho intramolecular Hbond substituents is 1. The van der Waals surface area contributed by atoms with Gasteiger partial charge in [-0.15, -0.1) is 0 Å². The van der Waals surface area contributed by atoms with Crippen LogP contribution in [0.1, 0.15) is 43.6 Å². The SMILES string of the molecule is COC1=CCC2=C(CC[C@@H](c3ccc(O)cc3)C2)C1. The van der Waals surface area contributed by atoms with Gasteiger partial charge in [-0.25, -0.2) is 0 Å². The first kappa shape index (κ1) is 12.3. The van der Waals surface area contributed by atoms with Crippen LogP contribution in [0.4, 0.5) is 0 Å². The third kappa shape index (κ3) is 2.53. The topological polar surface area (TPSA) is 29.5 Å². The molecule has 0 aromatic heterocycles. The summed E-state index contributed by atoms with van der Waals surface area (Å²) in [5, 5.41) is 9.37. The lowest BCUT2D eigenvalue weighted by molar-refractivity contribution is 0.277. The molecule has 0 radical (unpaired) electrons. The van der Waals surface area contributed by atoms with Crippen LogP contribution in [-0.2, 0) is 4.74 Å². The number of methoxy groups -OCH3 is 1. The molecule has 1 atom stereocenters. The van der Waals surface area contributed by atoms with E-state index in [4.69, 9.17) is 4.74 Å². The van der Waals surface area contributed by atoms with Gasteiger partial charge in [0, 0.05) is 6.42 Å². The summed E-state index contributed by atoms with van der Waals surface area (Å²) < 4.78 is 5.36. The second-order valence-electron chi connectivity index (χ2n) is 5.49. The van der Waals surface area contributed by atoms with Gasteiger partial charge in [0.05, 0.1) is 12.9 Å². The number of hydrogen-bond acceptors (Lipinski definition) is 2. The molecule has 0 amide bonds. The summed E-state index contributed by atoms with van der Waals surface area (Å²) in [5.74, 6) is 2.09. The van der Waals surface area contributed by atoms with Gasteiger partial charge in [-0.2, -0.15) is 0 Å². The van der Waals surface area contributed by atoms with E-state index in [1.54, 1.807) is 30.4 Å². The average molecular weight is 256 g/mol. The van der Waals surface area contributed by atoms with E-state index >= 15 is 0 Å².